The van der Waals surface area contributed by atoms with Crippen molar-refractivity contribution in [2.75, 3.05) is 0 Å². The fourth-order valence-electron chi connectivity index (χ4n) is 2.26. The van der Waals surface area contributed by atoms with Gasteiger partial charge in [0.1, 0.15) is 5.82 Å². The number of rotatable bonds is 4. The minimum absolute atomic E-state index is 0.241. The zero-order valence-electron chi connectivity index (χ0n) is 12.7. The van der Waals surface area contributed by atoms with Gasteiger partial charge >= 0.3 is 0 Å². The fourth-order valence-corrected chi connectivity index (χ4v) is 2.90. The molecule has 0 radical (unpaired) electrons. The molecule has 118 valence electrons. The van der Waals surface area contributed by atoms with Gasteiger partial charge in [-0.05, 0) is 37.4 Å². The summed E-state index contributed by atoms with van der Waals surface area (Å²) >= 11 is 1.57. The Kier molecular flexibility index (Phi) is 4.20. The second-order valence-corrected chi connectivity index (χ2v) is 6.11. The lowest BCUT2D eigenvalue weighted by atomic mass is 10.2. The number of halogens is 1. The SMILES string of the molecule is Cc1c(F)cccc1-n1nnc(C(=O)NCc2cccs2)c1C. The molecule has 0 aliphatic carbocycles. The van der Waals surface area contributed by atoms with Crippen LogP contribution in [-0.4, -0.2) is 20.9 Å². The van der Waals surface area contributed by atoms with E-state index in [2.05, 4.69) is 15.6 Å². The normalized spacial score (nSPS) is 10.7. The van der Waals surface area contributed by atoms with Crippen molar-refractivity contribution in [3.8, 4) is 5.69 Å². The van der Waals surface area contributed by atoms with Crippen LogP contribution in [0.5, 0.6) is 0 Å². The van der Waals surface area contributed by atoms with Gasteiger partial charge in [0.05, 0.1) is 17.9 Å². The zero-order valence-corrected chi connectivity index (χ0v) is 13.5. The number of nitrogens with zero attached hydrogens (tertiary/aromatic N) is 3. The maximum absolute atomic E-state index is 13.7. The summed E-state index contributed by atoms with van der Waals surface area (Å²) < 4.78 is 15.2. The maximum Gasteiger partial charge on any atom is 0.274 e. The average molecular weight is 330 g/mol. The molecule has 1 N–H and O–H groups in total. The van der Waals surface area contributed by atoms with Crippen molar-refractivity contribution in [2.24, 2.45) is 0 Å². The minimum Gasteiger partial charge on any atom is -0.346 e. The van der Waals surface area contributed by atoms with E-state index >= 15 is 0 Å². The third-order valence-corrected chi connectivity index (χ3v) is 4.46. The molecule has 1 aromatic carbocycles. The van der Waals surface area contributed by atoms with E-state index < -0.39 is 0 Å². The predicted octanol–water partition coefficient (Wildman–Crippen LogP) is 3.01. The van der Waals surface area contributed by atoms with Gasteiger partial charge in [-0.2, -0.15) is 0 Å². The van der Waals surface area contributed by atoms with E-state index in [0.717, 1.165) is 4.88 Å². The smallest absolute Gasteiger partial charge is 0.274 e. The Hall–Kier alpha value is -2.54. The number of carbonyl (C=O) groups excluding carboxylic acids is 1. The molecule has 23 heavy (non-hydrogen) atoms. The van der Waals surface area contributed by atoms with Gasteiger partial charge in [0, 0.05) is 10.4 Å². The molecule has 0 atom stereocenters. The maximum atomic E-state index is 13.7. The van der Waals surface area contributed by atoms with Gasteiger partial charge in [-0.3, -0.25) is 4.79 Å². The van der Waals surface area contributed by atoms with Crippen molar-refractivity contribution in [3.63, 3.8) is 0 Å². The van der Waals surface area contributed by atoms with Gasteiger partial charge in [0.25, 0.3) is 5.91 Å². The van der Waals surface area contributed by atoms with Crippen molar-refractivity contribution < 1.29 is 9.18 Å². The number of thiophene rings is 1. The summed E-state index contributed by atoms with van der Waals surface area (Å²) in [7, 11) is 0. The molecule has 7 heteroatoms. The Bertz CT molecular complexity index is 842. The Balaban J connectivity index is 1.84. The van der Waals surface area contributed by atoms with Crippen molar-refractivity contribution >= 4 is 17.2 Å². The summed E-state index contributed by atoms with van der Waals surface area (Å²) in [5.41, 5.74) is 1.85. The summed E-state index contributed by atoms with van der Waals surface area (Å²) in [6.45, 7) is 3.86. The van der Waals surface area contributed by atoms with Gasteiger partial charge in [-0.25, -0.2) is 9.07 Å². The number of nitrogens with one attached hydrogen (secondary N) is 1. The molecule has 0 fully saturated rings. The number of amides is 1. The Morgan fingerprint density at radius 2 is 2.13 bits per heavy atom. The van der Waals surface area contributed by atoms with Crippen LogP contribution in [0.1, 0.15) is 26.6 Å². The molecule has 0 unspecified atom stereocenters. The Morgan fingerprint density at radius 1 is 1.30 bits per heavy atom. The van der Waals surface area contributed by atoms with Crippen LogP contribution in [0.25, 0.3) is 5.69 Å². The highest BCUT2D eigenvalue weighted by molar-refractivity contribution is 7.09. The van der Waals surface area contributed by atoms with E-state index in [0.29, 0.717) is 23.5 Å². The van der Waals surface area contributed by atoms with Gasteiger partial charge in [0.15, 0.2) is 5.69 Å². The third kappa shape index (κ3) is 3.00. The standard InChI is InChI=1S/C16H15FN4OS/c1-10-13(17)6-3-7-14(10)21-11(2)15(19-20-21)16(22)18-9-12-5-4-8-23-12/h3-8H,9H2,1-2H3,(H,18,22). The van der Waals surface area contributed by atoms with Gasteiger partial charge < -0.3 is 5.32 Å². The van der Waals surface area contributed by atoms with Crippen molar-refractivity contribution in [1.29, 1.82) is 0 Å². The Labute approximate surface area is 136 Å². The third-order valence-electron chi connectivity index (χ3n) is 3.58. The molecule has 5 nitrogen and oxygen atoms in total. The van der Waals surface area contributed by atoms with Gasteiger partial charge in [-0.1, -0.05) is 17.3 Å². The molecule has 0 saturated heterocycles. The summed E-state index contributed by atoms with van der Waals surface area (Å²) in [5.74, 6) is -0.614. The van der Waals surface area contributed by atoms with Crippen molar-refractivity contribution in [2.45, 2.75) is 20.4 Å². The molecular weight excluding hydrogens is 315 g/mol. The average Bonchev–Trinajstić information content (AvgIpc) is 3.18. The first-order chi connectivity index (χ1) is 11.1. The first-order valence-corrected chi connectivity index (χ1v) is 7.94. The number of carbonyl (C=O) groups is 1. The van der Waals surface area contributed by atoms with E-state index in [4.69, 9.17) is 0 Å². The molecule has 3 rings (SSSR count). The highest BCUT2D eigenvalue weighted by atomic mass is 32.1. The first kappa shape index (κ1) is 15.4. The van der Waals surface area contributed by atoms with Crippen LogP contribution in [0.2, 0.25) is 0 Å². The molecule has 0 aliphatic heterocycles. The van der Waals surface area contributed by atoms with Crippen molar-refractivity contribution in [1.82, 2.24) is 20.3 Å². The Morgan fingerprint density at radius 3 is 2.87 bits per heavy atom. The lowest BCUT2D eigenvalue weighted by Gasteiger charge is -2.08. The number of hydrogen-bond acceptors (Lipinski definition) is 4. The quantitative estimate of drug-likeness (QED) is 0.800. The van der Waals surface area contributed by atoms with E-state index in [9.17, 15) is 9.18 Å². The largest absolute Gasteiger partial charge is 0.346 e. The molecule has 1 amide bonds. The van der Waals surface area contributed by atoms with Crippen LogP contribution in [0, 0.1) is 19.7 Å². The minimum atomic E-state index is -0.318. The lowest BCUT2D eigenvalue weighted by Crippen LogP contribution is -2.23. The van der Waals surface area contributed by atoms with Gasteiger partial charge in [0.2, 0.25) is 0 Å². The monoisotopic (exact) mass is 330 g/mol. The molecular formula is C16H15FN4OS. The molecule has 0 saturated carbocycles. The number of benzene rings is 1. The van der Waals surface area contributed by atoms with E-state index in [1.165, 1.54) is 10.7 Å². The summed E-state index contributed by atoms with van der Waals surface area (Å²) in [5, 5.41) is 12.7. The number of hydrogen-bond donors (Lipinski definition) is 1. The summed E-state index contributed by atoms with van der Waals surface area (Å²) in [6, 6.07) is 8.62. The fraction of sp³-hybridized carbons (Fsp3) is 0.188. The van der Waals surface area contributed by atoms with Gasteiger partial charge in [-0.15, -0.1) is 16.4 Å². The summed E-state index contributed by atoms with van der Waals surface area (Å²) in [6.07, 6.45) is 0. The second kappa shape index (κ2) is 6.29. The van der Waals surface area contributed by atoms with Crippen LogP contribution in [0.4, 0.5) is 4.39 Å². The molecule has 3 aromatic rings. The topological polar surface area (TPSA) is 59.8 Å². The highest BCUT2D eigenvalue weighted by Crippen LogP contribution is 2.19. The van der Waals surface area contributed by atoms with Crippen LogP contribution in [0.15, 0.2) is 35.7 Å². The highest BCUT2D eigenvalue weighted by Gasteiger charge is 2.18. The van der Waals surface area contributed by atoms with Crippen LogP contribution < -0.4 is 5.32 Å². The van der Waals surface area contributed by atoms with Crippen LogP contribution in [-0.2, 0) is 6.54 Å². The first-order valence-electron chi connectivity index (χ1n) is 7.06. The molecule has 0 bridgehead atoms. The lowest BCUT2D eigenvalue weighted by molar-refractivity contribution is 0.0945. The summed E-state index contributed by atoms with van der Waals surface area (Å²) in [4.78, 5) is 13.3. The van der Waals surface area contributed by atoms with E-state index in [1.807, 2.05) is 17.5 Å². The molecule has 0 aliphatic rings. The molecule has 2 aromatic heterocycles. The van der Waals surface area contributed by atoms with E-state index in [-0.39, 0.29) is 17.4 Å². The predicted molar refractivity (Wildman–Crippen MR) is 86.3 cm³/mol. The second-order valence-electron chi connectivity index (χ2n) is 5.08. The van der Waals surface area contributed by atoms with E-state index in [1.54, 1.807) is 37.3 Å². The molecule has 0 spiro atoms. The zero-order chi connectivity index (χ0) is 16.4. The molecule has 2 heterocycles. The van der Waals surface area contributed by atoms with Crippen LogP contribution in [0.3, 0.4) is 0 Å². The number of aromatic nitrogens is 3. The van der Waals surface area contributed by atoms with Crippen LogP contribution >= 0.6 is 11.3 Å². The van der Waals surface area contributed by atoms with Crippen molar-refractivity contribution in [3.05, 3.63) is 63.4 Å².